The van der Waals surface area contributed by atoms with Crippen LogP contribution in [-0.2, 0) is 11.8 Å². The van der Waals surface area contributed by atoms with Crippen LogP contribution >= 0.6 is 0 Å². The molecule has 3 aliphatic rings. The van der Waals surface area contributed by atoms with E-state index in [1.807, 2.05) is 12.1 Å². The number of benzene rings is 2. The van der Waals surface area contributed by atoms with E-state index in [0.29, 0.717) is 6.04 Å². The van der Waals surface area contributed by atoms with Gasteiger partial charge in [0.05, 0.1) is 17.9 Å². The standard InChI is InChI=1S/C23H25N3O2/c1-23-15-25(11-9-18-16-5-2-3-7-19(16)28-24-18)12-10-21(23)26-13-14-27-20-8-4-6-17(23)22(20)26/h2-8,21H,9-15H2,1H3/t21-,23-/m0/s1. The van der Waals surface area contributed by atoms with Crippen LogP contribution in [0.2, 0.25) is 0 Å². The maximum absolute atomic E-state index is 5.96. The summed E-state index contributed by atoms with van der Waals surface area (Å²) in [5, 5.41) is 5.47. The number of para-hydroxylation sites is 2. The first kappa shape index (κ1) is 16.4. The minimum Gasteiger partial charge on any atom is -0.490 e. The summed E-state index contributed by atoms with van der Waals surface area (Å²) >= 11 is 0. The van der Waals surface area contributed by atoms with Gasteiger partial charge < -0.3 is 19.1 Å². The second kappa shape index (κ2) is 5.98. The van der Waals surface area contributed by atoms with Crippen molar-refractivity contribution in [1.82, 2.24) is 10.1 Å². The highest BCUT2D eigenvalue weighted by Gasteiger charge is 2.52. The lowest BCUT2D eigenvalue weighted by Crippen LogP contribution is -2.56. The molecule has 3 aliphatic heterocycles. The smallest absolute Gasteiger partial charge is 0.167 e. The van der Waals surface area contributed by atoms with Crippen molar-refractivity contribution in [2.24, 2.45) is 0 Å². The van der Waals surface area contributed by atoms with E-state index in [1.54, 1.807) is 0 Å². The van der Waals surface area contributed by atoms with Gasteiger partial charge >= 0.3 is 0 Å². The monoisotopic (exact) mass is 375 g/mol. The number of hydrogen-bond donors (Lipinski definition) is 0. The molecular formula is C23H25N3O2. The van der Waals surface area contributed by atoms with E-state index in [1.165, 1.54) is 17.7 Å². The van der Waals surface area contributed by atoms with Crippen molar-refractivity contribution in [3.63, 3.8) is 0 Å². The number of nitrogens with zero attached hydrogens (tertiary/aromatic N) is 3. The van der Waals surface area contributed by atoms with Gasteiger partial charge in [-0.3, -0.25) is 0 Å². The first-order valence-corrected chi connectivity index (χ1v) is 10.3. The number of piperidine rings is 1. The Labute approximate surface area is 164 Å². The first-order valence-electron chi connectivity index (χ1n) is 10.3. The van der Waals surface area contributed by atoms with Crippen molar-refractivity contribution in [1.29, 1.82) is 0 Å². The Morgan fingerprint density at radius 3 is 3.04 bits per heavy atom. The fourth-order valence-electron chi connectivity index (χ4n) is 5.68. The largest absolute Gasteiger partial charge is 0.490 e. The number of rotatable bonds is 3. The molecule has 2 aromatic carbocycles. The third-order valence-electron chi connectivity index (χ3n) is 6.99. The molecule has 0 N–H and O–H groups in total. The van der Waals surface area contributed by atoms with Gasteiger partial charge in [0.15, 0.2) is 5.58 Å². The molecule has 28 heavy (non-hydrogen) atoms. The molecule has 0 amide bonds. The second-order valence-corrected chi connectivity index (χ2v) is 8.57. The van der Waals surface area contributed by atoms with Gasteiger partial charge in [-0.15, -0.1) is 0 Å². The number of ether oxygens (including phenoxy) is 1. The fraction of sp³-hybridized carbons (Fsp3) is 0.435. The molecule has 5 nitrogen and oxygen atoms in total. The quantitative estimate of drug-likeness (QED) is 0.699. The number of fused-ring (bicyclic) bond motifs is 4. The molecule has 0 spiro atoms. The topological polar surface area (TPSA) is 41.7 Å². The maximum atomic E-state index is 5.96. The summed E-state index contributed by atoms with van der Waals surface area (Å²) < 4.78 is 11.4. The molecule has 0 unspecified atom stereocenters. The molecular weight excluding hydrogens is 350 g/mol. The molecule has 5 heteroatoms. The van der Waals surface area contributed by atoms with Crippen molar-refractivity contribution < 1.29 is 9.26 Å². The molecule has 0 radical (unpaired) electrons. The van der Waals surface area contributed by atoms with Gasteiger partial charge in [-0.2, -0.15) is 0 Å². The summed E-state index contributed by atoms with van der Waals surface area (Å²) in [7, 11) is 0. The fourth-order valence-corrected chi connectivity index (χ4v) is 5.68. The minimum absolute atomic E-state index is 0.156. The van der Waals surface area contributed by atoms with Gasteiger partial charge in [0, 0.05) is 42.9 Å². The molecule has 1 fully saturated rings. The third kappa shape index (κ3) is 2.26. The minimum atomic E-state index is 0.156. The zero-order valence-corrected chi connectivity index (χ0v) is 16.2. The normalized spacial score (nSPS) is 26.2. The van der Waals surface area contributed by atoms with E-state index in [9.17, 15) is 0 Å². The van der Waals surface area contributed by atoms with Crippen LogP contribution in [0.5, 0.6) is 5.75 Å². The van der Waals surface area contributed by atoms with Gasteiger partial charge in [0.25, 0.3) is 0 Å². The van der Waals surface area contributed by atoms with Crippen molar-refractivity contribution in [2.75, 3.05) is 37.7 Å². The predicted octanol–water partition coefficient (Wildman–Crippen LogP) is 3.61. The molecule has 3 aromatic rings. The average Bonchev–Trinajstić information content (AvgIpc) is 3.25. The predicted molar refractivity (Wildman–Crippen MR) is 109 cm³/mol. The lowest BCUT2D eigenvalue weighted by molar-refractivity contribution is 0.140. The van der Waals surface area contributed by atoms with E-state index in [2.05, 4.69) is 52.2 Å². The van der Waals surface area contributed by atoms with Crippen molar-refractivity contribution in [2.45, 2.75) is 31.2 Å². The van der Waals surface area contributed by atoms with Crippen LogP contribution in [0.15, 0.2) is 47.0 Å². The summed E-state index contributed by atoms with van der Waals surface area (Å²) in [6.45, 7) is 7.49. The Hall–Kier alpha value is -2.53. The van der Waals surface area contributed by atoms with Crippen molar-refractivity contribution >= 4 is 16.7 Å². The van der Waals surface area contributed by atoms with E-state index >= 15 is 0 Å². The van der Waals surface area contributed by atoms with E-state index in [-0.39, 0.29) is 5.41 Å². The van der Waals surface area contributed by atoms with Crippen LogP contribution in [0.4, 0.5) is 5.69 Å². The molecule has 144 valence electrons. The van der Waals surface area contributed by atoms with Crippen molar-refractivity contribution in [3.8, 4) is 5.75 Å². The van der Waals surface area contributed by atoms with E-state index < -0.39 is 0 Å². The Balaban J connectivity index is 1.25. The summed E-state index contributed by atoms with van der Waals surface area (Å²) in [5.41, 5.74) is 4.93. The first-order chi connectivity index (χ1) is 13.7. The molecule has 2 atom stereocenters. The molecule has 1 saturated heterocycles. The van der Waals surface area contributed by atoms with Crippen LogP contribution in [0.1, 0.15) is 24.6 Å². The number of hydrogen-bond acceptors (Lipinski definition) is 5. The SMILES string of the molecule is C[C@@]12CN(CCc3noc4ccccc34)CC[C@@H]1N1CCOc3cccc2c31. The Morgan fingerprint density at radius 1 is 1.14 bits per heavy atom. The van der Waals surface area contributed by atoms with Crippen LogP contribution < -0.4 is 9.64 Å². The van der Waals surface area contributed by atoms with E-state index in [4.69, 9.17) is 9.26 Å². The van der Waals surface area contributed by atoms with Gasteiger partial charge in [0.1, 0.15) is 12.4 Å². The zero-order valence-electron chi connectivity index (χ0n) is 16.2. The molecule has 6 rings (SSSR count). The van der Waals surface area contributed by atoms with Crippen LogP contribution in [-0.4, -0.2) is 48.9 Å². The number of likely N-dealkylation sites (tertiary alicyclic amines) is 1. The van der Waals surface area contributed by atoms with Crippen molar-refractivity contribution in [3.05, 3.63) is 53.7 Å². The average molecular weight is 375 g/mol. The van der Waals surface area contributed by atoms with Crippen LogP contribution in [0.25, 0.3) is 11.0 Å². The molecule has 0 bridgehead atoms. The number of aromatic nitrogens is 1. The highest BCUT2D eigenvalue weighted by Crippen LogP contribution is 2.53. The highest BCUT2D eigenvalue weighted by atomic mass is 16.5. The third-order valence-corrected chi connectivity index (χ3v) is 6.99. The summed E-state index contributed by atoms with van der Waals surface area (Å²) in [5.74, 6) is 1.07. The van der Waals surface area contributed by atoms with Gasteiger partial charge in [-0.25, -0.2) is 0 Å². The molecule has 0 saturated carbocycles. The van der Waals surface area contributed by atoms with Crippen LogP contribution in [0.3, 0.4) is 0 Å². The maximum Gasteiger partial charge on any atom is 0.167 e. The number of anilines is 1. The van der Waals surface area contributed by atoms with Gasteiger partial charge in [-0.1, -0.05) is 36.3 Å². The van der Waals surface area contributed by atoms with Gasteiger partial charge in [0.2, 0.25) is 0 Å². The molecule has 1 aromatic heterocycles. The summed E-state index contributed by atoms with van der Waals surface area (Å²) in [4.78, 5) is 5.23. The highest BCUT2D eigenvalue weighted by molar-refractivity contribution is 5.79. The summed E-state index contributed by atoms with van der Waals surface area (Å²) in [6.07, 6.45) is 2.13. The van der Waals surface area contributed by atoms with E-state index in [0.717, 1.165) is 61.6 Å². The Morgan fingerprint density at radius 2 is 2.07 bits per heavy atom. The lowest BCUT2D eigenvalue weighted by Gasteiger charge is -2.45. The Kier molecular flexibility index (Phi) is 3.51. The lowest BCUT2D eigenvalue weighted by atomic mass is 9.74. The second-order valence-electron chi connectivity index (χ2n) is 8.57. The van der Waals surface area contributed by atoms with Crippen LogP contribution in [0, 0.1) is 0 Å². The molecule has 0 aliphatic carbocycles. The zero-order chi connectivity index (χ0) is 18.7. The summed E-state index contributed by atoms with van der Waals surface area (Å²) in [6, 6.07) is 15.3. The Bertz CT molecular complexity index is 1050. The van der Waals surface area contributed by atoms with Gasteiger partial charge in [-0.05, 0) is 30.2 Å². The molecule has 4 heterocycles.